The van der Waals surface area contributed by atoms with Crippen molar-refractivity contribution in [2.75, 3.05) is 5.75 Å². The Balaban J connectivity index is 1.86. The second kappa shape index (κ2) is 9.94. The van der Waals surface area contributed by atoms with Crippen LogP contribution in [-0.2, 0) is 16.5 Å². The third-order valence-electron chi connectivity index (χ3n) is 3.45. The van der Waals surface area contributed by atoms with Crippen LogP contribution in [0.3, 0.4) is 0 Å². The molecule has 1 aromatic rings. The maximum atomic E-state index is 10.4. The van der Waals surface area contributed by atoms with Gasteiger partial charge >= 0.3 is 0 Å². The summed E-state index contributed by atoms with van der Waals surface area (Å²) in [6.45, 7) is 0. The third kappa shape index (κ3) is 9.98. The van der Waals surface area contributed by atoms with E-state index in [2.05, 4.69) is 24.3 Å². The van der Waals surface area contributed by atoms with Crippen molar-refractivity contribution < 1.29 is 13.0 Å². The van der Waals surface area contributed by atoms with Gasteiger partial charge in [0.25, 0.3) is 0 Å². The molecule has 0 N–H and O–H groups in total. The van der Waals surface area contributed by atoms with E-state index < -0.39 is 10.1 Å². The van der Waals surface area contributed by atoms with Gasteiger partial charge in [0.15, 0.2) is 0 Å². The minimum atomic E-state index is -4.01. The first kappa shape index (κ1) is 17.2. The van der Waals surface area contributed by atoms with Gasteiger partial charge in [0.05, 0.1) is 10.1 Å². The highest BCUT2D eigenvalue weighted by atomic mass is 32.2. The highest BCUT2D eigenvalue weighted by molar-refractivity contribution is 7.85. The van der Waals surface area contributed by atoms with E-state index in [9.17, 15) is 13.0 Å². The van der Waals surface area contributed by atoms with Gasteiger partial charge in [-0.05, 0) is 24.8 Å². The first-order valence-electron chi connectivity index (χ1n) is 7.55. The zero-order chi connectivity index (χ0) is 14.7. The van der Waals surface area contributed by atoms with Crippen molar-refractivity contribution in [1.82, 2.24) is 0 Å². The highest BCUT2D eigenvalue weighted by Crippen LogP contribution is 2.11. The lowest BCUT2D eigenvalue weighted by Crippen LogP contribution is -2.03. The van der Waals surface area contributed by atoms with E-state index in [1.165, 1.54) is 31.2 Å². The molecule has 0 aliphatic rings. The Labute approximate surface area is 123 Å². The normalized spacial score (nSPS) is 11.7. The zero-order valence-corrected chi connectivity index (χ0v) is 12.9. The fourth-order valence-corrected chi connectivity index (χ4v) is 2.87. The van der Waals surface area contributed by atoms with Gasteiger partial charge < -0.3 is 4.55 Å². The molecule has 1 aromatic carbocycles. The fraction of sp³-hybridized carbons (Fsp3) is 0.625. The van der Waals surface area contributed by atoms with Gasteiger partial charge in [0, 0.05) is 5.75 Å². The van der Waals surface area contributed by atoms with Gasteiger partial charge in [-0.25, -0.2) is 8.42 Å². The Hall–Kier alpha value is -0.870. The Kier molecular flexibility index (Phi) is 8.54. The van der Waals surface area contributed by atoms with E-state index in [1.807, 2.05) is 6.07 Å². The molecule has 0 amide bonds. The van der Waals surface area contributed by atoms with Gasteiger partial charge in [-0.1, -0.05) is 68.9 Å². The van der Waals surface area contributed by atoms with Crippen molar-refractivity contribution >= 4 is 10.1 Å². The van der Waals surface area contributed by atoms with Gasteiger partial charge in [0.2, 0.25) is 0 Å². The molecule has 114 valence electrons. The van der Waals surface area contributed by atoms with Crippen molar-refractivity contribution in [3.63, 3.8) is 0 Å². The van der Waals surface area contributed by atoms with Crippen LogP contribution in [0.4, 0.5) is 0 Å². The topological polar surface area (TPSA) is 57.2 Å². The number of aryl methyl sites for hydroxylation is 1. The Morgan fingerprint density at radius 2 is 1.25 bits per heavy atom. The molecule has 1 rings (SSSR count). The zero-order valence-electron chi connectivity index (χ0n) is 12.1. The molecule has 0 spiro atoms. The lowest BCUT2D eigenvalue weighted by atomic mass is 10.0. The molecule has 0 aromatic heterocycles. The number of hydrogen-bond acceptors (Lipinski definition) is 3. The number of benzene rings is 1. The van der Waals surface area contributed by atoms with E-state index >= 15 is 0 Å². The van der Waals surface area contributed by atoms with Crippen molar-refractivity contribution in [1.29, 1.82) is 0 Å². The van der Waals surface area contributed by atoms with Crippen LogP contribution >= 0.6 is 0 Å². The first-order valence-corrected chi connectivity index (χ1v) is 9.13. The molecular weight excluding hydrogens is 272 g/mol. The molecule has 0 atom stereocenters. The molecule has 4 heteroatoms. The van der Waals surface area contributed by atoms with E-state index in [0.717, 1.165) is 25.7 Å². The molecule has 3 nitrogen and oxygen atoms in total. The van der Waals surface area contributed by atoms with Crippen LogP contribution in [-0.4, -0.2) is 18.7 Å². The maximum Gasteiger partial charge on any atom is 0.0945 e. The molecule has 0 unspecified atom stereocenters. The average molecular weight is 297 g/mol. The van der Waals surface area contributed by atoms with Crippen LogP contribution in [0.2, 0.25) is 0 Å². The van der Waals surface area contributed by atoms with Crippen molar-refractivity contribution in [3.8, 4) is 0 Å². The number of unbranched alkanes of at least 4 members (excludes halogenated alkanes) is 7. The average Bonchev–Trinajstić information content (AvgIpc) is 2.41. The fourth-order valence-electron chi connectivity index (χ4n) is 2.31. The largest absolute Gasteiger partial charge is 0.748 e. The van der Waals surface area contributed by atoms with Crippen LogP contribution < -0.4 is 0 Å². The summed E-state index contributed by atoms with van der Waals surface area (Å²) in [5.74, 6) is -0.204. The van der Waals surface area contributed by atoms with Crippen molar-refractivity contribution in [3.05, 3.63) is 35.9 Å². The van der Waals surface area contributed by atoms with Crippen LogP contribution in [0.25, 0.3) is 0 Å². The summed E-state index contributed by atoms with van der Waals surface area (Å²) >= 11 is 0. The molecule has 0 bridgehead atoms. The predicted octanol–water partition coefficient (Wildman–Crippen LogP) is 3.90. The monoisotopic (exact) mass is 297 g/mol. The molecule has 0 fully saturated rings. The SMILES string of the molecule is O=S(=O)([O-])CCCCCCCCCCc1ccccc1. The summed E-state index contributed by atoms with van der Waals surface area (Å²) in [6, 6.07) is 10.5. The molecule has 0 saturated carbocycles. The van der Waals surface area contributed by atoms with Gasteiger partial charge in [-0.15, -0.1) is 0 Å². The summed E-state index contributed by atoms with van der Waals surface area (Å²) in [5, 5.41) is 0. The smallest absolute Gasteiger partial charge is 0.0945 e. The van der Waals surface area contributed by atoms with Crippen molar-refractivity contribution in [2.24, 2.45) is 0 Å². The molecule has 0 saturated heterocycles. The number of hydrogen-bond donors (Lipinski definition) is 0. The van der Waals surface area contributed by atoms with Gasteiger partial charge in [-0.3, -0.25) is 0 Å². The second-order valence-corrected chi connectivity index (χ2v) is 6.85. The lowest BCUT2D eigenvalue weighted by molar-refractivity contribution is 0.459. The summed E-state index contributed by atoms with van der Waals surface area (Å²) in [7, 11) is -4.01. The summed E-state index contributed by atoms with van der Waals surface area (Å²) in [4.78, 5) is 0. The van der Waals surface area contributed by atoms with Crippen molar-refractivity contribution in [2.45, 2.75) is 57.8 Å². The van der Waals surface area contributed by atoms with E-state index in [4.69, 9.17) is 0 Å². The van der Waals surface area contributed by atoms with E-state index in [0.29, 0.717) is 6.42 Å². The maximum absolute atomic E-state index is 10.4. The van der Waals surface area contributed by atoms with E-state index in [-0.39, 0.29) is 5.75 Å². The molecule has 0 aliphatic heterocycles. The van der Waals surface area contributed by atoms with Crippen LogP contribution in [0.5, 0.6) is 0 Å². The molecule has 0 aliphatic carbocycles. The summed E-state index contributed by atoms with van der Waals surface area (Å²) in [5.41, 5.74) is 1.41. The van der Waals surface area contributed by atoms with Gasteiger partial charge in [-0.2, -0.15) is 0 Å². The number of rotatable bonds is 11. The second-order valence-electron chi connectivity index (χ2n) is 5.33. The standard InChI is InChI=1S/C16H26O3S/c17-20(18,19)15-11-6-4-2-1-3-5-8-12-16-13-9-7-10-14-16/h7,9-10,13-14H,1-6,8,11-12,15H2,(H,17,18,19)/p-1. The van der Waals surface area contributed by atoms with Gasteiger partial charge in [0.1, 0.15) is 0 Å². The Morgan fingerprint density at radius 1 is 0.750 bits per heavy atom. The molecule has 0 heterocycles. The first-order chi connectivity index (χ1) is 9.58. The Morgan fingerprint density at radius 3 is 1.80 bits per heavy atom. The molecule has 20 heavy (non-hydrogen) atoms. The van der Waals surface area contributed by atoms with E-state index in [1.54, 1.807) is 0 Å². The summed E-state index contributed by atoms with van der Waals surface area (Å²) in [6.07, 6.45) is 9.64. The highest BCUT2D eigenvalue weighted by Gasteiger charge is 1.96. The predicted molar refractivity (Wildman–Crippen MR) is 81.6 cm³/mol. The molecule has 0 radical (unpaired) electrons. The van der Waals surface area contributed by atoms with Crippen LogP contribution in [0.15, 0.2) is 30.3 Å². The third-order valence-corrected chi connectivity index (χ3v) is 4.24. The quantitative estimate of drug-likeness (QED) is 0.460. The van der Waals surface area contributed by atoms with Crippen LogP contribution in [0.1, 0.15) is 56.9 Å². The molecular formula is C16H25O3S-. The minimum absolute atomic E-state index is 0.204. The minimum Gasteiger partial charge on any atom is -0.748 e. The lowest BCUT2D eigenvalue weighted by Gasteiger charge is -2.06. The Bertz CT molecular complexity index is 440. The summed E-state index contributed by atoms with van der Waals surface area (Å²) < 4.78 is 31.2. The van der Waals surface area contributed by atoms with Crippen LogP contribution in [0, 0.1) is 0 Å².